The van der Waals surface area contributed by atoms with Crippen LogP contribution in [0.5, 0.6) is 0 Å². The lowest BCUT2D eigenvalue weighted by atomic mass is 10.0. The average Bonchev–Trinajstić information content (AvgIpc) is 2.96. The molecule has 1 fully saturated rings. The Kier molecular flexibility index (Phi) is 9.71. The topological polar surface area (TPSA) is 36.9 Å². The molecule has 1 saturated heterocycles. The molecule has 24 heavy (non-hydrogen) atoms. The first-order valence-corrected chi connectivity index (χ1v) is 8.70. The van der Waals surface area contributed by atoms with E-state index in [0.717, 1.165) is 44.2 Å². The Morgan fingerprint density at radius 1 is 1.42 bits per heavy atom. The summed E-state index contributed by atoms with van der Waals surface area (Å²) in [7, 11) is 3.57. The van der Waals surface area contributed by atoms with E-state index in [0.29, 0.717) is 16.0 Å². The van der Waals surface area contributed by atoms with Crippen molar-refractivity contribution in [1.82, 2.24) is 10.2 Å². The Balaban J connectivity index is 0.00000288. The molecule has 0 saturated carbocycles. The molecule has 1 aliphatic heterocycles. The number of hydrogen-bond acceptors (Lipinski definition) is 2. The maximum absolute atomic E-state index is 6.29. The molecular formula is C17H26Cl2IN3O. The second-order valence-corrected chi connectivity index (χ2v) is 6.83. The molecular weight excluding hydrogens is 460 g/mol. The van der Waals surface area contributed by atoms with Crippen LogP contribution < -0.4 is 5.32 Å². The molecule has 0 aromatic heterocycles. The molecule has 2 rings (SSSR count). The maximum Gasteiger partial charge on any atom is 0.193 e. The van der Waals surface area contributed by atoms with Crippen molar-refractivity contribution in [2.24, 2.45) is 10.9 Å². The Bertz CT molecular complexity index is 536. The quantitative estimate of drug-likeness (QED) is 0.384. The van der Waals surface area contributed by atoms with Crippen molar-refractivity contribution in [3.63, 3.8) is 0 Å². The normalized spacial score (nSPS) is 19.1. The Labute approximate surface area is 172 Å². The number of methoxy groups -OCH3 is 1. The minimum absolute atomic E-state index is 0. The fourth-order valence-corrected chi connectivity index (χ4v) is 3.83. The summed E-state index contributed by atoms with van der Waals surface area (Å²) >= 11 is 12.6. The molecule has 0 bridgehead atoms. The summed E-state index contributed by atoms with van der Waals surface area (Å²) in [6.45, 7) is 5.65. The molecule has 136 valence electrons. The summed E-state index contributed by atoms with van der Waals surface area (Å²) in [5.74, 6) is 1.71. The van der Waals surface area contributed by atoms with Crippen LogP contribution in [-0.2, 0) is 4.74 Å². The van der Waals surface area contributed by atoms with Crippen molar-refractivity contribution in [2.75, 3.05) is 40.4 Å². The molecule has 0 spiro atoms. The number of likely N-dealkylation sites (tertiary alicyclic amines) is 1. The molecule has 1 aromatic rings. The van der Waals surface area contributed by atoms with Crippen molar-refractivity contribution in [2.45, 2.75) is 19.3 Å². The van der Waals surface area contributed by atoms with Gasteiger partial charge in [0, 0.05) is 55.7 Å². The van der Waals surface area contributed by atoms with Gasteiger partial charge >= 0.3 is 0 Å². The van der Waals surface area contributed by atoms with Gasteiger partial charge in [0.2, 0.25) is 0 Å². The third-order valence-electron chi connectivity index (χ3n) is 4.26. The fraction of sp³-hybridized carbons (Fsp3) is 0.588. The number of halogens is 3. The number of aliphatic imine (C=N–C) groups is 1. The summed E-state index contributed by atoms with van der Waals surface area (Å²) < 4.78 is 5.25. The minimum atomic E-state index is 0. The molecule has 2 atom stereocenters. The van der Waals surface area contributed by atoms with Gasteiger partial charge in [0.1, 0.15) is 0 Å². The van der Waals surface area contributed by atoms with Crippen LogP contribution in [-0.4, -0.2) is 51.3 Å². The predicted molar refractivity (Wildman–Crippen MR) is 113 cm³/mol. The minimum Gasteiger partial charge on any atom is -0.384 e. The van der Waals surface area contributed by atoms with E-state index in [2.05, 4.69) is 22.1 Å². The highest BCUT2D eigenvalue weighted by Gasteiger charge is 2.25. The number of benzene rings is 1. The lowest BCUT2D eigenvalue weighted by Crippen LogP contribution is -2.41. The standard InChI is InChI=1S/C17H25Cl2N3O.HI/c1-12(16-14(18)5-4-6-15(16)19)9-21-17(20-2)22-8-7-13(10-22)11-23-3;/h4-6,12-13H,7-11H2,1-3H3,(H,20,21);1H. The average molecular weight is 486 g/mol. The lowest BCUT2D eigenvalue weighted by molar-refractivity contribution is 0.157. The summed E-state index contributed by atoms with van der Waals surface area (Å²) in [6, 6.07) is 5.63. The number of nitrogens with zero attached hydrogens (tertiary/aromatic N) is 2. The molecule has 1 aliphatic rings. The summed E-state index contributed by atoms with van der Waals surface area (Å²) in [5.41, 5.74) is 0.984. The first-order chi connectivity index (χ1) is 11.1. The highest BCUT2D eigenvalue weighted by Crippen LogP contribution is 2.31. The predicted octanol–water partition coefficient (Wildman–Crippen LogP) is 4.26. The largest absolute Gasteiger partial charge is 0.384 e. The summed E-state index contributed by atoms with van der Waals surface area (Å²) in [6.07, 6.45) is 1.14. The van der Waals surface area contributed by atoms with Crippen LogP contribution in [0.15, 0.2) is 23.2 Å². The Hall–Kier alpha value is -0.240. The third kappa shape index (κ3) is 5.64. The molecule has 0 radical (unpaired) electrons. The molecule has 7 heteroatoms. The van der Waals surface area contributed by atoms with E-state index in [1.165, 1.54) is 0 Å². The molecule has 1 heterocycles. The second kappa shape index (κ2) is 10.7. The van der Waals surface area contributed by atoms with E-state index in [1.54, 1.807) is 7.11 Å². The highest BCUT2D eigenvalue weighted by molar-refractivity contribution is 14.0. The van der Waals surface area contributed by atoms with Gasteiger partial charge < -0.3 is 15.0 Å². The monoisotopic (exact) mass is 485 g/mol. The van der Waals surface area contributed by atoms with E-state index in [4.69, 9.17) is 27.9 Å². The smallest absolute Gasteiger partial charge is 0.193 e. The fourth-order valence-electron chi connectivity index (χ4n) is 3.06. The zero-order chi connectivity index (χ0) is 16.8. The van der Waals surface area contributed by atoms with Crippen LogP contribution in [0, 0.1) is 5.92 Å². The van der Waals surface area contributed by atoms with Crippen LogP contribution in [0.3, 0.4) is 0 Å². The van der Waals surface area contributed by atoms with Gasteiger partial charge in [-0.3, -0.25) is 4.99 Å². The Morgan fingerprint density at radius 2 is 2.08 bits per heavy atom. The van der Waals surface area contributed by atoms with E-state index in [-0.39, 0.29) is 29.9 Å². The second-order valence-electron chi connectivity index (χ2n) is 6.02. The number of nitrogens with one attached hydrogen (secondary N) is 1. The van der Waals surface area contributed by atoms with Crippen molar-refractivity contribution >= 4 is 53.1 Å². The van der Waals surface area contributed by atoms with Crippen LogP contribution >= 0.6 is 47.2 Å². The van der Waals surface area contributed by atoms with Crippen molar-refractivity contribution in [3.8, 4) is 0 Å². The van der Waals surface area contributed by atoms with Gasteiger partial charge in [0.15, 0.2) is 5.96 Å². The molecule has 0 amide bonds. The lowest BCUT2D eigenvalue weighted by Gasteiger charge is -2.24. The molecule has 1 aromatic carbocycles. The number of ether oxygens (including phenoxy) is 1. The van der Waals surface area contributed by atoms with Crippen LogP contribution in [0.25, 0.3) is 0 Å². The molecule has 1 N–H and O–H groups in total. The molecule has 2 unspecified atom stereocenters. The van der Waals surface area contributed by atoms with Gasteiger partial charge in [-0.2, -0.15) is 0 Å². The van der Waals surface area contributed by atoms with Gasteiger partial charge in [-0.05, 0) is 24.1 Å². The van der Waals surface area contributed by atoms with Gasteiger partial charge in [0.25, 0.3) is 0 Å². The van der Waals surface area contributed by atoms with Crippen LogP contribution in [0.1, 0.15) is 24.8 Å². The molecule has 0 aliphatic carbocycles. The van der Waals surface area contributed by atoms with E-state index < -0.39 is 0 Å². The first-order valence-electron chi connectivity index (χ1n) is 7.95. The van der Waals surface area contributed by atoms with Crippen LogP contribution in [0.2, 0.25) is 10.0 Å². The van der Waals surface area contributed by atoms with Gasteiger partial charge in [0.05, 0.1) is 6.61 Å². The highest BCUT2D eigenvalue weighted by atomic mass is 127. The zero-order valence-electron chi connectivity index (χ0n) is 14.4. The number of rotatable bonds is 5. The van der Waals surface area contributed by atoms with Crippen molar-refractivity contribution < 1.29 is 4.74 Å². The van der Waals surface area contributed by atoms with Crippen molar-refractivity contribution in [1.29, 1.82) is 0 Å². The SMILES string of the molecule is CN=C(NCC(C)c1c(Cl)cccc1Cl)N1CCC(COC)C1.I. The number of hydrogen-bond donors (Lipinski definition) is 1. The third-order valence-corrected chi connectivity index (χ3v) is 4.92. The molecule has 4 nitrogen and oxygen atoms in total. The van der Waals surface area contributed by atoms with Gasteiger partial charge in [-0.1, -0.05) is 36.2 Å². The summed E-state index contributed by atoms with van der Waals surface area (Å²) in [5, 5.41) is 4.87. The zero-order valence-corrected chi connectivity index (χ0v) is 18.2. The summed E-state index contributed by atoms with van der Waals surface area (Å²) in [4.78, 5) is 6.68. The maximum atomic E-state index is 6.29. The van der Waals surface area contributed by atoms with Gasteiger partial charge in [-0.15, -0.1) is 24.0 Å². The number of guanidine groups is 1. The van der Waals surface area contributed by atoms with Crippen LogP contribution in [0.4, 0.5) is 0 Å². The van der Waals surface area contributed by atoms with E-state index in [1.807, 2.05) is 25.2 Å². The van der Waals surface area contributed by atoms with Crippen molar-refractivity contribution in [3.05, 3.63) is 33.8 Å². The van der Waals surface area contributed by atoms with E-state index in [9.17, 15) is 0 Å². The Morgan fingerprint density at radius 3 is 2.67 bits per heavy atom. The first kappa shape index (κ1) is 21.8. The van der Waals surface area contributed by atoms with Gasteiger partial charge in [-0.25, -0.2) is 0 Å². The van der Waals surface area contributed by atoms with E-state index >= 15 is 0 Å².